The molecule has 0 spiro atoms. The molecule has 0 aliphatic carbocycles. The van der Waals surface area contributed by atoms with Crippen molar-refractivity contribution in [2.45, 2.75) is 76.2 Å². The fourth-order valence-corrected chi connectivity index (χ4v) is 5.57. The van der Waals surface area contributed by atoms with Crippen LogP contribution in [0.15, 0.2) is 23.1 Å². The van der Waals surface area contributed by atoms with E-state index in [0.717, 1.165) is 6.42 Å². The van der Waals surface area contributed by atoms with Crippen molar-refractivity contribution in [3.8, 4) is 0 Å². The van der Waals surface area contributed by atoms with E-state index in [4.69, 9.17) is 0 Å². The molecule has 1 aromatic carbocycles. The Bertz CT molecular complexity index is 557. The van der Waals surface area contributed by atoms with Crippen molar-refractivity contribution in [3.05, 3.63) is 23.8 Å². The van der Waals surface area contributed by atoms with Crippen molar-refractivity contribution in [3.63, 3.8) is 0 Å². The van der Waals surface area contributed by atoms with E-state index in [1.807, 2.05) is 0 Å². The molecule has 0 bridgehead atoms. The van der Waals surface area contributed by atoms with Gasteiger partial charge in [0.1, 0.15) is 0 Å². The van der Waals surface area contributed by atoms with Gasteiger partial charge in [-0.2, -0.15) is 0 Å². The first kappa shape index (κ1) is 19.5. The molecule has 136 valence electrons. The van der Waals surface area contributed by atoms with E-state index in [-0.39, 0.29) is 16.2 Å². The molecule has 24 heavy (non-hydrogen) atoms. The predicted molar refractivity (Wildman–Crippen MR) is 112 cm³/mol. The number of fused-ring (bicyclic) bond motifs is 1. The van der Waals surface area contributed by atoms with Gasteiger partial charge in [-0.3, -0.25) is 4.72 Å². The van der Waals surface area contributed by atoms with Crippen LogP contribution in [0, 0.1) is 5.92 Å². The molecule has 1 unspecified atom stereocenters. The molecule has 3 heteroatoms. The van der Waals surface area contributed by atoms with Crippen LogP contribution in [0.25, 0.3) is 0 Å². The van der Waals surface area contributed by atoms with Crippen molar-refractivity contribution >= 4 is 22.2 Å². The highest BCUT2D eigenvalue weighted by atomic mass is 32.2. The molecule has 2 nitrogen and oxygen atoms in total. The van der Waals surface area contributed by atoms with Gasteiger partial charge in [-0.15, -0.1) is 0 Å². The van der Waals surface area contributed by atoms with Gasteiger partial charge in [0.25, 0.3) is 0 Å². The van der Waals surface area contributed by atoms with Crippen LogP contribution in [0.2, 0.25) is 0 Å². The molecule has 0 saturated carbocycles. The Balaban J connectivity index is 2.37. The molecule has 2 atom stereocenters. The molecular weight excluding hydrogens is 312 g/mol. The van der Waals surface area contributed by atoms with Crippen LogP contribution in [-0.4, -0.2) is 25.5 Å². The summed E-state index contributed by atoms with van der Waals surface area (Å²) < 4.78 is 4.02. The van der Waals surface area contributed by atoms with Crippen molar-refractivity contribution in [2.24, 2.45) is 5.92 Å². The molecule has 1 aliphatic rings. The highest BCUT2D eigenvalue weighted by molar-refractivity contribution is 8.12. The minimum Gasteiger partial charge on any atom is -0.378 e. The average Bonchev–Trinajstić information content (AvgIpc) is 2.66. The Morgan fingerprint density at radius 3 is 2.38 bits per heavy atom. The SMILES string of the molecule is C=S1NC(CCCC)(CCCC)[C@H](C)Cc2cc(N(C)C)ccc21. The lowest BCUT2D eigenvalue weighted by Gasteiger charge is -2.40. The Kier molecular flexibility index (Phi) is 6.94. The smallest absolute Gasteiger partial charge is 0.0364 e. The van der Waals surface area contributed by atoms with E-state index >= 15 is 0 Å². The number of anilines is 1. The zero-order valence-electron chi connectivity index (χ0n) is 16.3. The molecule has 0 fully saturated rings. The number of rotatable bonds is 7. The van der Waals surface area contributed by atoms with Crippen molar-refractivity contribution in [2.75, 3.05) is 19.0 Å². The predicted octanol–water partition coefficient (Wildman–Crippen LogP) is 5.63. The molecule has 0 aromatic heterocycles. The van der Waals surface area contributed by atoms with Gasteiger partial charge in [0, 0.05) is 30.2 Å². The van der Waals surface area contributed by atoms with Gasteiger partial charge >= 0.3 is 0 Å². The van der Waals surface area contributed by atoms with E-state index in [1.165, 1.54) is 54.7 Å². The monoisotopic (exact) mass is 348 g/mol. The second-order valence-corrected chi connectivity index (χ2v) is 9.07. The molecule has 0 radical (unpaired) electrons. The summed E-state index contributed by atoms with van der Waals surface area (Å²) in [5.41, 5.74) is 3.04. The lowest BCUT2D eigenvalue weighted by Crippen LogP contribution is -2.47. The first-order valence-corrected chi connectivity index (χ1v) is 10.9. The van der Waals surface area contributed by atoms with Gasteiger partial charge in [-0.05, 0) is 48.9 Å². The summed E-state index contributed by atoms with van der Waals surface area (Å²) in [4.78, 5) is 3.62. The van der Waals surface area contributed by atoms with Crippen molar-refractivity contribution in [1.82, 2.24) is 4.72 Å². The lowest BCUT2D eigenvalue weighted by atomic mass is 9.75. The Morgan fingerprint density at radius 1 is 1.21 bits per heavy atom. The summed E-state index contributed by atoms with van der Waals surface area (Å²) in [7, 11) is 4.12. The van der Waals surface area contributed by atoms with Gasteiger partial charge in [-0.1, -0.05) is 63.0 Å². The molecule has 2 rings (SSSR count). The highest BCUT2D eigenvalue weighted by Crippen LogP contribution is 2.42. The van der Waals surface area contributed by atoms with Gasteiger partial charge in [0.2, 0.25) is 0 Å². The number of hydrogen-bond donors (Lipinski definition) is 1. The zero-order valence-corrected chi connectivity index (χ0v) is 17.1. The van der Waals surface area contributed by atoms with E-state index in [9.17, 15) is 0 Å². The lowest BCUT2D eigenvalue weighted by molar-refractivity contribution is 0.220. The molecule has 1 heterocycles. The summed E-state index contributed by atoms with van der Waals surface area (Å²) in [5, 5.41) is 0. The standard InChI is InChI=1S/C21H36N2S/c1-7-9-13-21(14-10-8-2)17(3)15-18-16-19(23(4)5)11-12-20(18)24(6)22-21/h11-12,16-17,22H,6-10,13-15H2,1-5H3/t17-,24?/m1/s1. The summed E-state index contributed by atoms with van der Waals surface area (Å²) in [6.45, 7) is 7.06. The van der Waals surface area contributed by atoms with Crippen LogP contribution in [0.1, 0.15) is 64.9 Å². The second-order valence-electron chi connectivity index (χ2n) is 7.65. The van der Waals surface area contributed by atoms with Crippen LogP contribution in [-0.2, 0) is 6.42 Å². The first-order valence-electron chi connectivity index (χ1n) is 9.55. The van der Waals surface area contributed by atoms with Gasteiger partial charge in [-0.25, -0.2) is 0 Å². The molecule has 1 aliphatic heterocycles. The van der Waals surface area contributed by atoms with Crippen LogP contribution < -0.4 is 9.62 Å². The normalized spacial score (nSPS) is 22.7. The summed E-state index contributed by atoms with van der Waals surface area (Å²) in [6.07, 6.45) is 8.86. The highest BCUT2D eigenvalue weighted by Gasteiger charge is 2.38. The number of nitrogens with zero attached hydrogens (tertiary/aromatic N) is 1. The van der Waals surface area contributed by atoms with Crippen LogP contribution >= 0.6 is 10.7 Å². The van der Waals surface area contributed by atoms with E-state index in [0.29, 0.717) is 5.92 Å². The van der Waals surface area contributed by atoms with Crippen LogP contribution in [0.3, 0.4) is 0 Å². The molecule has 1 aromatic rings. The van der Waals surface area contributed by atoms with Crippen molar-refractivity contribution < 1.29 is 0 Å². The maximum absolute atomic E-state index is 4.52. The summed E-state index contributed by atoms with van der Waals surface area (Å²) in [6, 6.07) is 6.92. The maximum atomic E-state index is 4.52. The van der Waals surface area contributed by atoms with E-state index in [1.54, 1.807) is 0 Å². The molecule has 0 saturated heterocycles. The van der Waals surface area contributed by atoms with E-state index < -0.39 is 0 Å². The van der Waals surface area contributed by atoms with Crippen LogP contribution in [0.5, 0.6) is 0 Å². The van der Waals surface area contributed by atoms with Gasteiger partial charge in [0.05, 0.1) is 0 Å². The Morgan fingerprint density at radius 2 is 1.83 bits per heavy atom. The molecular formula is C21H36N2S. The number of unbranched alkanes of at least 4 members (excludes halogenated alkanes) is 2. The number of benzene rings is 1. The van der Waals surface area contributed by atoms with Crippen LogP contribution in [0.4, 0.5) is 5.69 Å². The average molecular weight is 349 g/mol. The Hall–Kier alpha value is -0.800. The number of nitrogens with one attached hydrogen (secondary N) is 1. The zero-order chi connectivity index (χ0) is 17.7. The fraction of sp³-hybridized carbons (Fsp3) is 0.667. The minimum atomic E-state index is -0.120. The third-order valence-corrected chi connectivity index (χ3v) is 7.16. The topological polar surface area (TPSA) is 15.3 Å². The maximum Gasteiger partial charge on any atom is 0.0364 e. The second kappa shape index (κ2) is 8.53. The van der Waals surface area contributed by atoms with Gasteiger partial charge < -0.3 is 4.90 Å². The largest absolute Gasteiger partial charge is 0.378 e. The minimum absolute atomic E-state index is 0.120. The Labute approximate surface area is 152 Å². The van der Waals surface area contributed by atoms with Crippen molar-refractivity contribution in [1.29, 1.82) is 0 Å². The first-order chi connectivity index (χ1) is 11.4. The molecule has 0 amide bonds. The third-order valence-electron chi connectivity index (χ3n) is 5.57. The molecule has 1 N–H and O–H groups in total. The number of hydrogen-bond acceptors (Lipinski definition) is 2. The summed E-state index contributed by atoms with van der Waals surface area (Å²) >= 11 is 0. The summed E-state index contributed by atoms with van der Waals surface area (Å²) in [5.74, 6) is 5.17. The third kappa shape index (κ3) is 4.23. The quantitative estimate of drug-likeness (QED) is 0.643. The fourth-order valence-electron chi connectivity index (χ4n) is 3.87. The van der Waals surface area contributed by atoms with E-state index in [2.05, 4.69) is 68.6 Å². The van der Waals surface area contributed by atoms with Gasteiger partial charge in [0.15, 0.2) is 0 Å².